The van der Waals surface area contributed by atoms with Crippen molar-refractivity contribution >= 4 is 5.91 Å². The molecule has 4 nitrogen and oxygen atoms in total. The predicted octanol–water partition coefficient (Wildman–Crippen LogP) is 3.62. The van der Waals surface area contributed by atoms with Gasteiger partial charge in [-0.25, -0.2) is 0 Å². The quantitative estimate of drug-likeness (QED) is 0.827. The zero-order valence-electron chi connectivity index (χ0n) is 15.5. The zero-order chi connectivity index (χ0) is 18.2. The lowest BCUT2D eigenvalue weighted by Crippen LogP contribution is -2.46. The van der Waals surface area contributed by atoms with Gasteiger partial charge in [-0.1, -0.05) is 55.0 Å². The SMILES string of the molecule is COCc1ccccc1C(=O)NCC1CCCCN1Cc1ccccc1. The highest BCUT2D eigenvalue weighted by Crippen LogP contribution is 2.19. The number of methoxy groups -OCH3 is 1. The molecule has 1 heterocycles. The summed E-state index contributed by atoms with van der Waals surface area (Å²) in [4.78, 5) is 15.2. The van der Waals surface area contributed by atoms with E-state index < -0.39 is 0 Å². The number of rotatable bonds is 7. The molecule has 1 unspecified atom stereocenters. The van der Waals surface area contributed by atoms with Crippen LogP contribution in [0.25, 0.3) is 0 Å². The maximum atomic E-state index is 12.7. The van der Waals surface area contributed by atoms with Gasteiger partial charge in [-0.15, -0.1) is 0 Å². The van der Waals surface area contributed by atoms with E-state index in [1.54, 1.807) is 7.11 Å². The molecule has 0 aromatic heterocycles. The van der Waals surface area contributed by atoms with Crippen LogP contribution in [0.4, 0.5) is 0 Å². The number of nitrogens with zero attached hydrogens (tertiary/aromatic N) is 1. The smallest absolute Gasteiger partial charge is 0.251 e. The number of piperidine rings is 1. The van der Waals surface area contributed by atoms with Crippen molar-refractivity contribution in [2.24, 2.45) is 0 Å². The number of carbonyl (C=O) groups excluding carboxylic acids is 1. The molecule has 1 aliphatic rings. The highest BCUT2D eigenvalue weighted by Gasteiger charge is 2.23. The molecule has 0 aliphatic carbocycles. The zero-order valence-corrected chi connectivity index (χ0v) is 15.5. The molecule has 0 spiro atoms. The maximum Gasteiger partial charge on any atom is 0.251 e. The number of hydrogen-bond acceptors (Lipinski definition) is 3. The predicted molar refractivity (Wildman–Crippen MR) is 104 cm³/mol. The van der Waals surface area contributed by atoms with Crippen LogP contribution in [0.1, 0.15) is 40.7 Å². The van der Waals surface area contributed by atoms with Gasteiger partial charge >= 0.3 is 0 Å². The van der Waals surface area contributed by atoms with Crippen molar-refractivity contribution in [2.75, 3.05) is 20.2 Å². The van der Waals surface area contributed by atoms with Gasteiger partial charge in [-0.05, 0) is 36.6 Å². The summed E-state index contributed by atoms with van der Waals surface area (Å²) in [5.41, 5.74) is 2.97. The Labute approximate surface area is 156 Å². The van der Waals surface area contributed by atoms with E-state index in [0.717, 1.165) is 25.1 Å². The van der Waals surface area contributed by atoms with E-state index in [0.29, 0.717) is 24.8 Å². The summed E-state index contributed by atoms with van der Waals surface area (Å²) in [6.45, 7) is 3.18. The lowest BCUT2D eigenvalue weighted by molar-refractivity contribution is 0.0903. The minimum absolute atomic E-state index is 0.0112. The Kier molecular flexibility index (Phi) is 6.81. The summed E-state index contributed by atoms with van der Waals surface area (Å²) in [7, 11) is 1.65. The number of carbonyl (C=O) groups is 1. The second-order valence-corrected chi connectivity index (χ2v) is 6.91. The molecule has 138 valence electrons. The van der Waals surface area contributed by atoms with Crippen LogP contribution in [-0.4, -0.2) is 37.0 Å². The number of amides is 1. The van der Waals surface area contributed by atoms with Crippen LogP contribution < -0.4 is 5.32 Å². The molecule has 1 atom stereocenters. The van der Waals surface area contributed by atoms with Gasteiger partial charge in [-0.2, -0.15) is 0 Å². The molecular formula is C22H28N2O2. The summed E-state index contributed by atoms with van der Waals surface area (Å²) in [5, 5.41) is 3.15. The molecule has 2 aromatic rings. The first-order valence-electron chi connectivity index (χ1n) is 9.41. The normalized spacial score (nSPS) is 17.8. The molecule has 1 N–H and O–H groups in total. The van der Waals surface area contributed by atoms with Crippen molar-refractivity contribution in [3.63, 3.8) is 0 Å². The average molecular weight is 352 g/mol. The van der Waals surface area contributed by atoms with Crippen LogP contribution in [0.2, 0.25) is 0 Å². The Hall–Kier alpha value is -2.17. The van der Waals surface area contributed by atoms with Gasteiger partial charge in [0.2, 0.25) is 0 Å². The first-order valence-corrected chi connectivity index (χ1v) is 9.41. The number of nitrogens with one attached hydrogen (secondary N) is 1. The summed E-state index contributed by atoms with van der Waals surface area (Å²) in [6.07, 6.45) is 3.59. The van der Waals surface area contributed by atoms with Crippen molar-refractivity contribution in [3.05, 3.63) is 71.3 Å². The fourth-order valence-corrected chi connectivity index (χ4v) is 3.65. The molecule has 0 bridgehead atoms. The fourth-order valence-electron chi connectivity index (χ4n) is 3.65. The Balaban J connectivity index is 1.61. The standard InChI is InChI=1S/C22H28N2O2/c1-26-17-19-11-5-6-13-21(19)22(25)23-15-20-12-7-8-14-24(20)16-18-9-3-2-4-10-18/h2-6,9-11,13,20H,7-8,12,14-17H2,1H3,(H,23,25). The topological polar surface area (TPSA) is 41.6 Å². The molecule has 1 fully saturated rings. The highest BCUT2D eigenvalue weighted by molar-refractivity contribution is 5.95. The molecule has 0 radical (unpaired) electrons. The van der Waals surface area contributed by atoms with E-state index in [1.807, 2.05) is 24.3 Å². The fraction of sp³-hybridized carbons (Fsp3) is 0.409. The summed E-state index contributed by atoms with van der Waals surface area (Å²) >= 11 is 0. The van der Waals surface area contributed by atoms with Gasteiger partial charge in [0.1, 0.15) is 0 Å². The van der Waals surface area contributed by atoms with Gasteiger partial charge in [0.05, 0.1) is 6.61 Å². The van der Waals surface area contributed by atoms with E-state index in [1.165, 1.54) is 18.4 Å². The monoisotopic (exact) mass is 352 g/mol. The molecule has 3 rings (SSSR count). The van der Waals surface area contributed by atoms with Gasteiger partial charge in [0.25, 0.3) is 5.91 Å². The van der Waals surface area contributed by atoms with Crippen LogP contribution in [0.3, 0.4) is 0 Å². The summed E-state index contributed by atoms with van der Waals surface area (Å²) < 4.78 is 5.21. The highest BCUT2D eigenvalue weighted by atomic mass is 16.5. The Morgan fingerprint density at radius 3 is 2.69 bits per heavy atom. The van der Waals surface area contributed by atoms with Crippen LogP contribution in [-0.2, 0) is 17.9 Å². The number of likely N-dealkylation sites (tertiary alicyclic amines) is 1. The third-order valence-corrected chi connectivity index (χ3v) is 5.04. The number of benzene rings is 2. The first-order chi connectivity index (χ1) is 12.8. The largest absolute Gasteiger partial charge is 0.380 e. The van der Waals surface area contributed by atoms with E-state index in [-0.39, 0.29) is 5.91 Å². The third-order valence-electron chi connectivity index (χ3n) is 5.04. The van der Waals surface area contributed by atoms with Crippen molar-refractivity contribution in [3.8, 4) is 0 Å². The Morgan fingerprint density at radius 1 is 1.12 bits per heavy atom. The summed E-state index contributed by atoms with van der Waals surface area (Å²) in [5.74, 6) is -0.0112. The number of ether oxygens (including phenoxy) is 1. The lowest BCUT2D eigenvalue weighted by atomic mass is 10.0. The van der Waals surface area contributed by atoms with E-state index in [4.69, 9.17) is 4.74 Å². The Morgan fingerprint density at radius 2 is 1.88 bits per heavy atom. The summed E-state index contributed by atoms with van der Waals surface area (Å²) in [6, 6.07) is 18.6. The van der Waals surface area contributed by atoms with Crippen LogP contribution in [0.5, 0.6) is 0 Å². The average Bonchev–Trinajstić information content (AvgIpc) is 2.68. The lowest BCUT2D eigenvalue weighted by Gasteiger charge is -2.36. The molecule has 1 amide bonds. The molecule has 4 heteroatoms. The molecule has 1 aliphatic heterocycles. The van der Waals surface area contributed by atoms with Gasteiger partial charge in [-0.3, -0.25) is 9.69 Å². The molecule has 26 heavy (non-hydrogen) atoms. The maximum absolute atomic E-state index is 12.7. The Bertz CT molecular complexity index is 702. The van der Waals surface area contributed by atoms with E-state index in [2.05, 4.69) is 40.5 Å². The number of hydrogen-bond donors (Lipinski definition) is 1. The molecule has 0 saturated carbocycles. The van der Waals surface area contributed by atoms with Crippen molar-refractivity contribution in [2.45, 2.75) is 38.5 Å². The second kappa shape index (κ2) is 9.51. The second-order valence-electron chi connectivity index (χ2n) is 6.91. The third kappa shape index (κ3) is 4.93. The van der Waals surface area contributed by atoms with Gasteiger partial charge in [0, 0.05) is 31.8 Å². The van der Waals surface area contributed by atoms with E-state index in [9.17, 15) is 4.79 Å². The van der Waals surface area contributed by atoms with Gasteiger partial charge < -0.3 is 10.1 Å². The molecule has 2 aromatic carbocycles. The van der Waals surface area contributed by atoms with Crippen molar-refractivity contribution in [1.82, 2.24) is 10.2 Å². The van der Waals surface area contributed by atoms with E-state index >= 15 is 0 Å². The first kappa shape index (κ1) is 18.6. The van der Waals surface area contributed by atoms with Crippen molar-refractivity contribution < 1.29 is 9.53 Å². The van der Waals surface area contributed by atoms with Crippen LogP contribution in [0.15, 0.2) is 54.6 Å². The van der Waals surface area contributed by atoms with Crippen LogP contribution >= 0.6 is 0 Å². The minimum Gasteiger partial charge on any atom is -0.380 e. The van der Waals surface area contributed by atoms with Crippen molar-refractivity contribution in [1.29, 1.82) is 0 Å². The van der Waals surface area contributed by atoms with Gasteiger partial charge in [0.15, 0.2) is 0 Å². The van der Waals surface area contributed by atoms with Crippen LogP contribution in [0, 0.1) is 0 Å². The molecular weight excluding hydrogens is 324 g/mol. The minimum atomic E-state index is -0.0112. The molecule has 1 saturated heterocycles.